The lowest BCUT2D eigenvalue weighted by Gasteiger charge is -2.15. The third-order valence-electron chi connectivity index (χ3n) is 5.71. The second-order valence-corrected chi connectivity index (χ2v) is 8.60. The van der Waals surface area contributed by atoms with Crippen molar-refractivity contribution in [3.63, 3.8) is 0 Å². The van der Waals surface area contributed by atoms with Crippen LogP contribution < -0.4 is 9.47 Å². The van der Waals surface area contributed by atoms with Gasteiger partial charge in [0.2, 0.25) is 0 Å². The number of halogens is 1. The van der Waals surface area contributed by atoms with Crippen molar-refractivity contribution in [1.29, 1.82) is 0 Å². The number of rotatable bonds is 12. The van der Waals surface area contributed by atoms with Gasteiger partial charge in [0.1, 0.15) is 18.1 Å². The molecule has 0 N–H and O–H groups in total. The van der Waals surface area contributed by atoms with Crippen LogP contribution in [0.1, 0.15) is 31.9 Å². The Labute approximate surface area is 218 Å². The smallest absolute Gasteiger partial charge is 0.335 e. The first-order valence-electron chi connectivity index (χ1n) is 12.1. The van der Waals surface area contributed by atoms with E-state index in [4.69, 9.17) is 30.5 Å². The van der Waals surface area contributed by atoms with Crippen LogP contribution >= 0.6 is 11.6 Å². The third-order valence-corrected chi connectivity index (χ3v) is 5.95. The summed E-state index contributed by atoms with van der Waals surface area (Å²) in [5.74, 6) is 1.21. The van der Waals surface area contributed by atoms with Gasteiger partial charge in [0.05, 0.1) is 13.7 Å². The molecule has 36 heavy (non-hydrogen) atoms. The van der Waals surface area contributed by atoms with E-state index in [0.29, 0.717) is 31.3 Å². The molecule has 0 spiro atoms. The molecular weight excluding hydrogens is 476 g/mol. The Hall–Kier alpha value is -3.28. The molecule has 6 heteroatoms. The van der Waals surface area contributed by atoms with Gasteiger partial charge in [-0.1, -0.05) is 48.0 Å². The molecule has 3 aromatic rings. The van der Waals surface area contributed by atoms with Crippen molar-refractivity contribution in [1.82, 2.24) is 0 Å². The third kappa shape index (κ3) is 7.61. The van der Waals surface area contributed by atoms with E-state index in [2.05, 4.69) is 37.3 Å². The Morgan fingerprint density at radius 2 is 1.69 bits per heavy atom. The van der Waals surface area contributed by atoms with Crippen molar-refractivity contribution in [3.8, 4) is 22.6 Å². The Bertz CT molecular complexity index is 1150. The molecule has 0 aliphatic rings. The minimum absolute atomic E-state index is 0.333. The molecule has 190 valence electrons. The maximum absolute atomic E-state index is 12.1. The number of benzene rings is 3. The Kier molecular flexibility index (Phi) is 10.4. The number of carbonyl (C=O) groups is 1. The summed E-state index contributed by atoms with van der Waals surface area (Å²) in [5.41, 5.74) is 5.21. The van der Waals surface area contributed by atoms with Crippen LogP contribution in [0.15, 0.2) is 72.8 Å². The number of methoxy groups -OCH3 is 1. The quantitative estimate of drug-likeness (QED) is 0.246. The molecule has 3 rings (SSSR count). The molecule has 0 saturated carbocycles. The van der Waals surface area contributed by atoms with E-state index in [1.54, 1.807) is 14.0 Å². The summed E-state index contributed by atoms with van der Waals surface area (Å²) in [4.78, 5) is 12.1. The zero-order valence-electron chi connectivity index (χ0n) is 21.3. The molecule has 0 bridgehead atoms. The molecule has 0 saturated heterocycles. The van der Waals surface area contributed by atoms with Crippen molar-refractivity contribution in [2.45, 2.75) is 33.3 Å². The normalized spacial score (nSPS) is 12.2. The number of esters is 1. The first-order chi connectivity index (χ1) is 17.4. The van der Waals surface area contributed by atoms with Gasteiger partial charge in [-0.3, -0.25) is 0 Å². The lowest BCUT2D eigenvalue weighted by molar-refractivity contribution is -0.156. The van der Waals surface area contributed by atoms with E-state index in [1.165, 1.54) is 0 Å². The van der Waals surface area contributed by atoms with Gasteiger partial charge in [-0.25, -0.2) is 4.79 Å². The van der Waals surface area contributed by atoms with E-state index in [9.17, 15) is 4.79 Å². The van der Waals surface area contributed by atoms with Crippen molar-refractivity contribution in [3.05, 3.63) is 89.0 Å². The monoisotopic (exact) mass is 508 g/mol. The lowest BCUT2D eigenvalue weighted by Crippen LogP contribution is -2.28. The van der Waals surface area contributed by atoms with Gasteiger partial charge in [-0.15, -0.1) is 0 Å². The summed E-state index contributed by atoms with van der Waals surface area (Å²) in [5, 5.41) is 0.671. The van der Waals surface area contributed by atoms with E-state index in [0.717, 1.165) is 39.3 Å². The zero-order valence-corrected chi connectivity index (χ0v) is 22.0. The summed E-state index contributed by atoms with van der Waals surface area (Å²) < 4.78 is 22.0. The van der Waals surface area contributed by atoms with E-state index in [-0.39, 0.29) is 5.97 Å². The maximum Gasteiger partial charge on any atom is 0.335 e. The van der Waals surface area contributed by atoms with Crippen LogP contribution in [0.5, 0.6) is 11.5 Å². The number of ether oxygens (including phenoxy) is 4. The molecular formula is C30H33ClO5. The minimum atomic E-state index is -0.598. The Morgan fingerprint density at radius 1 is 0.972 bits per heavy atom. The lowest BCUT2D eigenvalue weighted by atomic mass is 10.0. The highest BCUT2D eigenvalue weighted by molar-refractivity contribution is 6.31. The van der Waals surface area contributed by atoms with Crippen LogP contribution in [-0.4, -0.2) is 39.0 Å². The predicted molar refractivity (Wildman–Crippen MR) is 145 cm³/mol. The highest BCUT2D eigenvalue weighted by Gasteiger charge is 2.20. The summed E-state index contributed by atoms with van der Waals surface area (Å²) >= 11 is 6.18. The van der Waals surface area contributed by atoms with Gasteiger partial charge in [0.25, 0.3) is 0 Å². The van der Waals surface area contributed by atoms with Crippen molar-refractivity contribution >= 4 is 23.1 Å². The largest absolute Gasteiger partial charge is 0.496 e. The topological polar surface area (TPSA) is 54.0 Å². The second kappa shape index (κ2) is 13.7. The molecule has 0 aromatic heterocycles. The fraction of sp³-hybridized carbons (Fsp3) is 0.300. The zero-order chi connectivity index (χ0) is 25.9. The number of carbonyl (C=O) groups excluding carboxylic acids is 1. The SMILES string of the molecule is CCOC(=O)[C@H](Cc1ccc(OCC=C(C)c2ccc(-c3cc(Cl)ccc3OC)cc2)cc1)OCC. The fourth-order valence-corrected chi connectivity index (χ4v) is 3.95. The van der Waals surface area contributed by atoms with Crippen LogP contribution in [0, 0.1) is 0 Å². The molecule has 0 aliphatic carbocycles. The Balaban J connectivity index is 1.58. The van der Waals surface area contributed by atoms with E-state index < -0.39 is 6.10 Å². The van der Waals surface area contributed by atoms with Gasteiger partial charge in [-0.05, 0) is 79.4 Å². The van der Waals surface area contributed by atoms with Gasteiger partial charge in [0, 0.05) is 23.6 Å². The van der Waals surface area contributed by atoms with Gasteiger partial charge < -0.3 is 18.9 Å². The van der Waals surface area contributed by atoms with Crippen molar-refractivity contribution in [2.24, 2.45) is 0 Å². The highest BCUT2D eigenvalue weighted by Crippen LogP contribution is 2.33. The molecule has 0 unspecified atom stereocenters. The number of hydrogen-bond acceptors (Lipinski definition) is 5. The molecule has 0 amide bonds. The van der Waals surface area contributed by atoms with Crippen LogP contribution in [0.3, 0.4) is 0 Å². The van der Waals surface area contributed by atoms with Gasteiger partial charge >= 0.3 is 5.97 Å². The maximum atomic E-state index is 12.1. The second-order valence-electron chi connectivity index (χ2n) is 8.16. The summed E-state index contributed by atoms with van der Waals surface area (Å²) in [6.45, 7) is 6.95. The first-order valence-corrected chi connectivity index (χ1v) is 12.4. The number of hydrogen-bond donors (Lipinski definition) is 0. The summed E-state index contributed by atoms with van der Waals surface area (Å²) in [7, 11) is 1.66. The standard InChI is InChI=1S/C30H33ClO5/c1-5-34-29(30(32)35-6-2)19-22-7-14-26(15-8-22)36-18-17-21(3)23-9-11-24(12-10-23)27-20-25(31)13-16-28(27)33-4/h7-17,20,29H,5-6,18-19H2,1-4H3/t29-/m0/s1. The highest BCUT2D eigenvalue weighted by atomic mass is 35.5. The van der Waals surface area contributed by atoms with Crippen LogP contribution in [0.4, 0.5) is 0 Å². The average molecular weight is 509 g/mol. The van der Waals surface area contributed by atoms with Crippen molar-refractivity contribution in [2.75, 3.05) is 26.9 Å². The molecule has 5 nitrogen and oxygen atoms in total. The molecule has 1 atom stereocenters. The Morgan fingerprint density at radius 3 is 2.33 bits per heavy atom. The van der Waals surface area contributed by atoms with Crippen LogP contribution in [-0.2, 0) is 20.7 Å². The predicted octanol–water partition coefficient (Wildman–Crippen LogP) is 7.01. The molecule has 0 heterocycles. The number of allylic oxidation sites excluding steroid dienone is 1. The van der Waals surface area contributed by atoms with Crippen LogP contribution in [0.25, 0.3) is 16.7 Å². The van der Waals surface area contributed by atoms with Gasteiger partial charge in [-0.2, -0.15) is 0 Å². The summed E-state index contributed by atoms with van der Waals surface area (Å²) in [6, 6.07) is 21.6. The molecule has 0 aliphatic heterocycles. The molecule has 0 radical (unpaired) electrons. The molecule has 0 fully saturated rings. The first kappa shape index (κ1) is 27.3. The minimum Gasteiger partial charge on any atom is -0.496 e. The fourth-order valence-electron chi connectivity index (χ4n) is 3.78. The van der Waals surface area contributed by atoms with Crippen LogP contribution in [0.2, 0.25) is 5.02 Å². The average Bonchev–Trinajstić information content (AvgIpc) is 2.89. The molecule has 3 aromatic carbocycles. The van der Waals surface area contributed by atoms with Crippen molar-refractivity contribution < 1.29 is 23.7 Å². The summed E-state index contributed by atoms with van der Waals surface area (Å²) in [6.07, 6.45) is 1.91. The van der Waals surface area contributed by atoms with Gasteiger partial charge in [0.15, 0.2) is 6.10 Å². The van der Waals surface area contributed by atoms with E-state index in [1.807, 2.05) is 49.4 Å². The van der Waals surface area contributed by atoms with E-state index >= 15 is 0 Å².